The Hall–Kier alpha value is -3.22. The number of aromatic amines is 1. The van der Waals surface area contributed by atoms with Gasteiger partial charge in [-0.3, -0.25) is 9.59 Å². The molecule has 0 radical (unpaired) electrons. The van der Waals surface area contributed by atoms with Crippen LogP contribution in [0.4, 0.5) is 5.69 Å². The van der Waals surface area contributed by atoms with E-state index in [-0.39, 0.29) is 23.6 Å². The maximum absolute atomic E-state index is 12.6. The SMILES string of the molecule is CC(=O)Nc1c[nH]c2c(C(=O)N[C@@H](C)c3ccccc3)ncnc12. The van der Waals surface area contributed by atoms with E-state index in [2.05, 4.69) is 25.6 Å². The molecule has 1 aromatic carbocycles. The molecule has 0 aliphatic heterocycles. The van der Waals surface area contributed by atoms with Crippen LogP contribution in [0.25, 0.3) is 11.0 Å². The van der Waals surface area contributed by atoms with E-state index in [1.54, 1.807) is 6.20 Å². The standard InChI is InChI=1S/C17H17N5O2/c1-10(12-6-4-3-5-7-12)21-17(24)16-15-14(19-9-20-16)13(8-18-15)22-11(2)23/h3-10,18H,1-2H3,(H,21,24)(H,22,23)/t10-/m0/s1. The Balaban J connectivity index is 1.87. The number of fused-ring (bicyclic) bond motifs is 1. The summed E-state index contributed by atoms with van der Waals surface area (Å²) >= 11 is 0. The van der Waals surface area contributed by atoms with Crippen molar-refractivity contribution in [3.05, 3.63) is 54.1 Å². The summed E-state index contributed by atoms with van der Waals surface area (Å²) in [6.07, 6.45) is 2.90. The zero-order valence-corrected chi connectivity index (χ0v) is 13.3. The molecule has 3 rings (SSSR count). The number of H-pyrrole nitrogens is 1. The fourth-order valence-corrected chi connectivity index (χ4v) is 2.49. The van der Waals surface area contributed by atoms with Gasteiger partial charge in [-0.1, -0.05) is 30.3 Å². The van der Waals surface area contributed by atoms with Crippen molar-refractivity contribution < 1.29 is 9.59 Å². The zero-order valence-electron chi connectivity index (χ0n) is 13.3. The third-order valence-corrected chi connectivity index (χ3v) is 3.64. The number of benzene rings is 1. The normalized spacial score (nSPS) is 11.9. The van der Waals surface area contributed by atoms with E-state index in [1.165, 1.54) is 13.3 Å². The average molecular weight is 323 g/mol. The monoisotopic (exact) mass is 323 g/mol. The van der Waals surface area contributed by atoms with Gasteiger partial charge in [-0.15, -0.1) is 0 Å². The molecule has 3 N–H and O–H groups in total. The van der Waals surface area contributed by atoms with Crippen LogP contribution in [0.1, 0.15) is 35.9 Å². The Morgan fingerprint density at radius 3 is 2.62 bits per heavy atom. The Kier molecular flexibility index (Phi) is 4.24. The molecular formula is C17H17N5O2. The lowest BCUT2D eigenvalue weighted by atomic mass is 10.1. The second kappa shape index (κ2) is 6.49. The van der Waals surface area contributed by atoms with Crippen molar-refractivity contribution in [1.82, 2.24) is 20.3 Å². The first-order valence-corrected chi connectivity index (χ1v) is 7.51. The molecule has 2 amide bonds. The number of nitrogens with zero attached hydrogens (tertiary/aromatic N) is 2. The van der Waals surface area contributed by atoms with Gasteiger partial charge in [0, 0.05) is 13.1 Å². The summed E-state index contributed by atoms with van der Waals surface area (Å²) in [7, 11) is 0. The fraction of sp³-hybridized carbons (Fsp3) is 0.176. The van der Waals surface area contributed by atoms with Crippen LogP contribution in [0.5, 0.6) is 0 Å². The number of hydrogen-bond acceptors (Lipinski definition) is 4. The molecular weight excluding hydrogens is 306 g/mol. The van der Waals surface area contributed by atoms with Crippen LogP contribution in [0.3, 0.4) is 0 Å². The minimum absolute atomic E-state index is 0.159. The van der Waals surface area contributed by atoms with E-state index in [1.807, 2.05) is 37.3 Å². The number of anilines is 1. The van der Waals surface area contributed by atoms with E-state index in [4.69, 9.17) is 0 Å². The Bertz CT molecular complexity index is 888. The van der Waals surface area contributed by atoms with E-state index in [0.717, 1.165) is 5.56 Å². The highest BCUT2D eigenvalue weighted by Gasteiger charge is 2.18. The zero-order chi connectivity index (χ0) is 17.1. The summed E-state index contributed by atoms with van der Waals surface area (Å²) in [5.74, 6) is -0.520. The second-order valence-corrected chi connectivity index (χ2v) is 5.44. The smallest absolute Gasteiger partial charge is 0.272 e. The predicted molar refractivity (Wildman–Crippen MR) is 90.5 cm³/mol. The van der Waals surface area contributed by atoms with E-state index in [0.29, 0.717) is 16.7 Å². The summed E-state index contributed by atoms with van der Waals surface area (Å²) < 4.78 is 0. The summed E-state index contributed by atoms with van der Waals surface area (Å²) in [6.45, 7) is 3.32. The van der Waals surface area contributed by atoms with Crippen LogP contribution in [-0.2, 0) is 4.79 Å². The van der Waals surface area contributed by atoms with Crippen molar-refractivity contribution in [3.8, 4) is 0 Å². The molecule has 0 aliphatic rings. The largest absolute Gasteiger partial charge is 0.356 e. The van der Waals surface area contributed by atoms with Gasteiger partial charge in [0.25, 0.3) is 5.91 Å². The summed E-state index contributed by atoms with van der Waals surface area (Å²) in [5.41, 5.74) is 2.74. The fourth-order valence-electron chi connectivity index (χ4n) is 2.49. The molecule has 122 valence electrons. The third-order valence-electron chi connectivity index (χ3n) is 3.64. The van der Waals surface area contributed by atoms with Crippen LogP contribution >= 0.6 is 0 Å². The number of hydrogen-bond donors (Lipinski definition) is 3. The van der Waals surface area contributed by atoms with Gasteiger partial charge in [-0.05, 0) is 12.5 Å². The number of carbonyl (C=O) groups is 2. The number of nitrogens with one attached hydrogen (secondary N) is 3. The van der Waals surface area contributed by atoms with Gasteiger partial charge < -0.3 is 15.6 Å². The van der Waals surface area contributed by atoms with Crippen molar-refractivity contribution in [2.45, 2.75) is 19.9 Å². The lowest BCUT2D eigenvalue weighted by Gasteiger charge is -2.14. The van der Waals surface area contributed by atoms with Crippen molar-refractivity contribution >= 4 is 28.5 Å². The number of aromatic nitrogens is 3. The van der Waals surface area contributed by atoms with E-state index in [9.17, 15) is 9.59 Å². The first kappa shape index (κ1) is 15.7. The molecule has 0 spiro atoms. The Labute approximate surface area is 138 Å². The Morgan fingerprint density at radius 1 is 1.17 bits per heavy atom. The molecule has 3 aromatic rings. The molecule has 0 saturated carbocycles. The van der Waals surface area contributed by atoms with Crippen molar-refractivity contribution in [1.29, 1.82) is 0 Å². The van der Waals surface area contributed by atoms with Crippen LogP contribution in [0, 0.1) is 0 Å². The maximum Gasteiger partial charge on any atom is 0.272 e. The van der Waals surface area contributed by atoms with Gasteiger partial charge in [-0.2, -0.15) is 0 Å². The third kappa shape index (κ3) is 3.10. The van der Waals surface area contributed by atoms with E-state index >= 15 is 0 Å². The molecule has 7 nitrogen and oxygen atoms in total. The molecule has 0 unspecified atom stereocenters. The molecule has 1 atom stereocenters. The maximum atomic E-state index is 12.6. The average Bonchev–Trinajstić information content (AvgIpc) is 2.98. The topological polar surface area (TPSA) is 99.8 Å². The Morgan fingerprint density at radius 2 is 1.92 bits per heavy atom. The van der Waals surface area contributed by atoms with Crippen LogP contribution in [-0.4, -0.2) is 26.8 Å². The first-order valence-electron chi connectivity index (χ1n) is 7.51. The van der Waals surface area contributed by atoms with Crippen LogP contribution in [0.15, 0.2) is 42.9 Å². The van der Waals surface area contributed by atoms with Gasteiger partial charge in [-0.25, -0.2) is 9.97 Å². The summed E-state index contributed by atoms with van der Waals surface area (Å²) in [4.78, 5) is 35.0. The van der Waals surface area contributed by atoms with Crippen molar-refractivity contribution in [3.63, 3.8) is 0 Å². The highest BCUT2D eigenvalue weighted by molar-refractivity contribution is 6.07. The highest BCUT2D eigenvalue weighted by Crippen LogP contribution is 2.23. The van der Waals surface area contributed by atoms with Crippen molar-refractivity contribution in [2.24, 2.45) is 0 Å². The molecule has 2 heterocycles. The molecule has 0 saturated heterocycles. The second-order valence-electron chi connectivity index (χ2n) is 5.44. The van der Waals surface area contributed by atoms with E-state index < -0.39 is 0 Å². The number of amides is 2. The van der Waals surface area contributed by atoms with Crippen molar-refractivity contribution in [2.75, 3.05) is 5.32 Å². The van der Waals surface area contributed by atoms with Gasteiger partial charge in [0.1, 0.15) is 11.8 Å². The minimum atomic E-state index is -0.310. The molecule has 0 bridgehead atoms. The highest BCUT2D eigenvalue weighted by atomic mass is 16.2. The molecule has 2 aromatic heterocycles. The minimum Gasteiger partial charge on any atom is -0.356 e. The summed E-state index contributed by atoms with van der Waals surface area (Å²) in [5, 5.41) is 5.59. The quantitative estimate of drug-likeness (QED) is 0.686. The molecule has 0 aliphatic carbocycles. The van der Waals surface area contributed by atoms with Gasteiger partial charge in [0.2, 0.25) is 5.91 Å². The number of carbonyl (C=O) groups excluding carboxylic acids is 2. The lowest BCUT2D eigenvalue weighted by Crippen LogP contribution is -2.27. The first-order chi connectivity index (χ1) is 11.6. The van der Waals surface area contributed by atoms with Gasteiger partial charge >= 0.3 is 0 Å². The lowest BCUT2D eigenvalue weighted by molar-refractivity contribution is -0.114. The molecule has 7 heteroatoms. The van der Waals surface area contributed by atoms with Gasteiger partial charge in [0.05, 0.1) is 17.2 Å². The van der Waals surface area contributed by atoms with Crippen LogP contribution < -0.4 is 10.6 Å². The van der Waals surface area contributed by atoms with Gasteiger partial charge in [0.15, 0.2) is 5.69 Å². The number of rotatable bonds is 4. The van der Waals surface area contributed by atoms with Crippen LogP contribution in [0.2, 0.25) is 0 Å². The molecule has 0 fully saturated rings. The predicted octanol–water partition coefficient (Wildman–Crippen LogP) is 2.41. The summed E-state index contributed by atoms with van der Waals surface area (Å²) in [6, 6.07) is 9.51. The molecule has 24 heavy (non-hydrogen) atoms.